The minimum absolute atomic E-state index is 0.327. The molecule has 0 saturated heterocycles. The molecule has 1 rings (SSSR count). The first-order chi connectivity index (χ1) is 7.90. The molecule has 0 aliphatic carbocycles. The first-order valence-corrected chi connectivity index (χ1v) is 6.55. The van der Waals surface area contributed by atoms with Crippen LogP contribution in [-0.4, -0.2) is 20.8 Å². The number of hydrogen-bond acceptors (Lipinski definition) is 4. The second kappa shape index (κ2) is 5.06. The molecule has 5 nitrogen and oxygen atoms in total. The van der Waals surface area contributed by atoms with Crippen molar-refractivity contribution in [3.63, 3.8) is 0 Å². The summed E-state index contributed by atoms with van der Waals surface area (Å²) in [5, 5.41) is 8.19. The minimum atomic E-state index is -3.42. The molecular weight excluding hydrogens is 240 g/mol. The van der Waals surface area contributed by atoms with Gasteiger partial charge in [0, 0.05) is 6.07 Å². The van der Waals surface area contributed by atoms with Crippen molar-refractivity contribution < 1.29 is 13.2 Å². The number of rotatable bonds is 4. The Morgan fingerprint density at radius 2 is 2.06 bits per heavy atom. The third-order valence-corrected chi connectivity index (χ3v) is 3.95. The van der Waals surface area contributed by atoms with Crippen LogP contribution < -0.4 is 9.46 Å². The highest BCUT2D eigenvalue weighted by atomic mass is 32.2. The molecule has 0 fully saturated rings. The fourth-order valence-corrected chi connectivity index (χ4v) is 1.83. The smallest absolute Gasteiger partial charge is 0.235 e. The Labute approximate surface area is 101 Å². The zero-order valence-electron chi connectivity index (χ0n) is 9.89. The number of hydrogen-bond donors (Lipinski definition) is 1. The predicted molar refractivity (Wildman–Crippen MR) is 65.4 cm³/mol. The van der Waals surface area contributed by atoms with Gasteiger partial charge in [0.1, 0.15) is 5.75 Å². The number of nitrogens with one attached hydrogen (secondary N) is 1. The van der Waals surface area contributed by atoms with Gasteiger partial charge < -0.3 is 4.74 Å². The molecule has 0 spiro atoms. The fourth-order valence-electron chi connectivity index (χ4n) is 1.12. The van der Waals surface area contributed by atoms with Gasteiger partial charge >= 0.3 is 0 Å². The van der Waals surface area contributed by atoms with E-state index in [0.717, 1.165) is 0 Å². The Kier molecular flexibility index (Phi) is 3.97. The Morgan fingerprint density at radius 1 is 1.41 bits per heavy atom. The van der Waals surface area contributed by atoms with Gasteiger partial charge in [0.2, 0.25) is 10.0 Å². The maximum atomic E-state index is 11.7. The Bertz CT molecular complexity index is 544. The molecule has 0 saturated carbocycles. The van der Waals surface area contributed by atoms with Crippen LogP contribution in [0.25, 0.3) is 0 Å². The summed E-state index contributed by atoms with van der Waals surface area (Å²) >= 11 is 0. The molecule has 0 aliphatic heterocycles. The van der Waals surface area contributed by atoms with E-state index >= 15 is 0 Å². The minimum Gasteiger partial charge on any atom is -0.495 e. The number of sulfonamides is 1. The molecule has 0 bridgehead atoms. The predicted octanol–water partition coefficient (Wildman–Crippen LogP) is 1.72. The Balaban J connectivity index is 3.13. The maximum absolute atomic E-state index is 11.7. The lowest BCUT2D eigenvalue weighted by Gasteiger charge is -2.13. The van der Waals surface area contributed by atoms with Crippen LogP contribution in [0.5, 0.6) is 5.75 Å². The summed E-state index contributed by atoms with van der Waals surface area (Å²) in [6.45, 7) is 3.16. The number of anilines is 1. The summed E-state index contributed by atoms with van der Waals surface area (Å²) in [6.07, 6.45) is 0. The Hall–Kier alpha value is -1.74. The number of methoxy groups -OCH3 is 1. The summed E-state index contributed by atoms with van der Waals surface area (Å²) in [7, 11) is -2.00. The zero-order valence-corrected chi connectivity index (χ0v) is 10.7. The van der Waals surface area contributed by atoms with E-state index in [9.17, 15) is 8.42 Å². The average Bonchev–Trinajstić information content (AvgIpc) is 2.29. The van der Waals surface area contributed by atoms with E-state index in [4.69, 9.17) is 10.00 Å². The quantitative estimate of drug-likeness (QED) is 0.887. The SMILES string of the molecule is COc1cc(C#N)ccc1NS(=O)(=O)C(C)C. The highest BCUT2D eigenvalue weighted by Gasteiger charge is 2.17. The van der Waals surface area contributed by atoms with Gasteiger partial charge in [0.15, 0.2) is 0 Å². The monoisotopic (exact) mass is 254 g/mol. The van der Waals surface area contributed by atoms with Gasteiger partial charge in [-0.2, -0.15) is 5.26 Å². The van der Waals surface area contributed by atoms with Crippen LogP contribution in [0.1, 0.15) is 19.4 Å². The molecule has 0 heterocycles. The average molecular weight is 254 g/mol. The molecule has 0 aliphatic rings. The third kappa shape index (κ3) is 3.11. The van der Waals surface area contributed by atoms with Gasteiger partial charge in [-0.25, -0.2) is 8.42 Å². The molecule has 0 atom stereocenters. The van der Waals surface area contributed by atoms with Crippen molar-refractivity contribution in [2.24, 2.45) is 0 Å². The summed E-state index contributed by atoms with van der Waals surface area (Å²) in [6, 6.07) is 6.48. The molecular formula is C11H14N2O3S. The van der Waals surface area contributed by atoms with Crippen molar-refractivity contribution in [3.05, 3.63) is 23.8 Å². The van der Waals surface area contributed by atoms with Gasteiger partial charge in [0.05, 0.1) is 29.7 Å². The zero-order chi connectivity index (χ0) is 13.1. The number of nitriles is 1. The van der Waals surface area contributed by atoms with Gasteiger partial charge in [-0.3, -0.25) is 4.72 Å². The molecule has 0 amide bonds. The standard InChI is InChI=1S/C11H14N2O3S/c1-8(2)17(14,15)13-10-5-4-9(7-12)6-11(10)16-3/h4-6,8,13H,1-3H3. The largest absolute Gasteiger partial charge is 0.495 e. The van der Waals surface area contributed by atoms with Crippen LogP contribution >= 0.6 is 0 Å². The lowest BCUT2D eigenvalue weighted by Crippen LogP contribution is -2.22. The molecule has 1 aromatic rings. The fraction of sp³-hybridized carbons (Fsp3) is 0.364. The summed E-state index contributed by atoms with van der Waals surface area (Å²) in [4.78, 5) is 0. The summed E-state index contributed by atoms with van der Waals surface area (Å²) < 4.78 is 30.8. The molecule has 17 heavy (non-hydrogen) atoms. The van der Waals surface area contributed by atoms with E-state index in [0.29, 0.717) is 17.0 Å². The van der Waals surface area contributed by atoms with Crippen LogP contribution in [-0.2, 0) is 10.0 Å². The van der Waals surface area contributed by atoms with Gasteiger partial charge in [-0.15, -0.1) is 0 Å². The molecule has 0 unspecified atom stereocenters. The lowest BCUT2D eigenvalue weighted by atomic mass is 10.2. The first-order valence-electron chi connectivity index (χ1n) is 5.00. The highest BCUT2D eigenvalue weighted by Crippen LogP contribution is 2.26. The second-order valence-corrected chi connectivity index (χ2v) is 5.96. The molecule has 92 valence electrons. The van der Waals surface area contributed by atoms with Crippen LogP contribution in [0.3, 0.4) is 0 Å². The van der Waals surface area contributed by atoms with E-state index in [2.05, 4.69) is 4.72 Å². The van der Waals surface area contributed by atoms with Crippen LogP contribution in [0.15, 0.2) is 18.2 Å². The van der Waals surface area contributed by atoms with Crippen molar-refractivity contribution in [2.45, 2.75) is 19.1 Å². The highest BCUT2D eigenvalue weighted by molar-refractivity contribution is 7.93. The normalized spacial score (nSPS) is 11.0. The topological polar surface area (TPSA) is 79.2 Å². The van der Waals surface area contributed by atoms with E-state index in [1.807, 2.05) is 6.07 Å². The van der Waals surface area contributed by atoms with Crippen LogP contribution in [0, 0.1) is 11.3 Å². The van der Waals surface area contributed by atoms with Crippen molar-refractivity contribution in [3.8, 4) is 11.8 Å². The van der Waals surface area contributed by atoms with E-state index in [-0.39, 0.29) is 0 Å². The summed E-state index contributed by atoms with van der Waals surface area (Å²) in [5.41, 5.74) is 0.745. The molecule has 1 N–H and O–H groups in total. The number of ether oxygens (including phenoxy) is 1. The van der Waals surface area contributed by atoms with Crippen LogP contribution in [0.2, 0.25) is 0 Å². The molecule has 0 radical (unpaired) electrons. The second-order valence-electron chi connectivity index (χ2n) is 3.72. The molecule has 0 aromatic heterocycles. The lowest BCUT2D eigenvalue weighted by molar-refractivity contribution is 0.416. The van der Waals surface area contributed by atoms with Gasteiger partial charge in [-0.05, 0) is 26.0 Å². The van der Waals surface area contributed by atoms with Crippen molar-refractivity contribution in [1.82, 2.24) is 0 Å². The van der Waals surface area contributed by atoms with Crippen molar-refractivity contribution in [2.75, 3.05) is 11.8 Å². The van der Waals surface area contributed by atoms with Gasteiger partial charge in [0.25, 0.3) is 0 Å². The summed E-state index contributed by atoms with van der Waals surface area (Å²) in [5.74, 6) is 0.327. The number of benzene rings is 1. The third-order valence-electron chi connectivity index (χ3n) is 2.20. The number of nitrogens with zero attached hydrogens (tertiary/aromatic N) is 1. The first kappa shape index (κ1) is 13.3. The molecule has 1 aromatic carbocycles. The Morgan fingerprint density at radius 3 is 2.53 bits per heavy atom. The van der Waals surface area contributed by atoms with E-state index in [1.54, 1.807) is 13.8 Å². The molecule has 6 heteroatoms. The maximum Gasteiger partial charge on any atom is 0.235 e. The van der Waals surface area contributed by atoms with E-state index < -0.39 is 15.3 Å². The van der Waals surface area contributed by atoms with Crippen LogP contribution in [0.4, 0.5) is 5.69 Å². The van der Waals surface area contributed by atoms with Crippen molar-refractivity contribution in [1.29, 1.82) is 5.26 Å². The van der Waals surface area contributed by atoms with E-state index in [1.165, 1.54) is 25.3 Å². The van der Waals surface area contributed by atoms with Gasteiger partial charge in [-0.1, -0.05) is 0 Å². The van der Waals surface area contributed by atoms with Crippen molar-refractivity contribution >= 4 is 15.7 Å².